The molecule has 23 heavy (non-hydrogen) atoms. The summed E-state index contributed by atoms with van der Waals surface area (Å²) in [5, 5.41) is 10.1. The molecule has 1 saturated heterocycles. The van der Waals surface area contributed by atoms with Gasteiger partial charge in [-0.25, -0.2) is 4.39 Å². The van der Waals surface area contributed by atoms with Crippen LogP contribution in [0.4, 0.5) is 4.39 Å². The topological polar surface area (TPSA) is 41.9 Å². The highest BCUT2D eigenvalue weighted by molar-refractivity contribution is 5.15. The Morgan fingerprint density at radius 2 is 2.22 bits per heavy atom. The number of nitrogens with zero attached hydrogens (tertiary/aromatic N) is 1. The van der Waals surface area contributed by atoms with E-state index in [0.717, 1.165) is 31.6 Å². The maximum atomic E-state index is 13.0. The standard InChI is InChI=1S/C18H26FNO3/c1-2-9-22-14-17(21)12-20(13-18-4-3-10-23-18)11-15-5-7-16(19)8-6-15/h2,5-8,17-18,21H,1,3-4,9-14H2/t17-,18-/m1/s1. The normalized spacial score (nSPS) is 19.2. The number of hydrogen-bond acceptors (Lipinski definition) is 4. The van der Waals surface area contributed by atoms with Gasteiger partial charge in [0.15, 0.2) is 0 Å². The number of ether oxygens (including phenoxy) is 2. The van der Waals surface area contributed by atoms with E-state index in [0.29, 0.717) is 19.7 Å². The Morgan fingerprint density at radius 3 is 2.87 bits per heavy atom. The van der Waals surface area contributed by atoms with Crippen molar-refractivity contribution in [1.29, 1.82) is 0 Å². The quantitative estimate of drug-likeness (QED) is 0.530. The van der Waals surface area contributed by atoms with Crippen molar-refractivity contribution in [2.24, 2.45) is 0 Å². The third-order valence-electron chi connectivity index (χ3n) is 3.82. The molecule has 0 spiro atoms. The first-order valence-corrected chi connectivity index (χ1v) is 8.12. The van der Waals surface area contributed by atoms with Crippen LogP contribution in [0.2, 0.25) is 0 Å². The Bertz CT molecular complexity index is 460. The van der Waals surface area contributed by atoms with Crippen LogP contribution in [0.1, 0.15) is 18.4 Å². The molecule has 2 rings (SSSR count). The van der Waals surface area contributed by atoms with E-state index in [-0.39, 0.29) is 18.5 Å². The average Bonchev–Trinajstić information content (AvgIpc) is 3.03. The summed E-state index contributed by atoms with van der Waals surface area (Å²) in [4.78, 5) is 2.14. The highest BCUT2D eigenvalue weighted by Crippen LogP contribution is 2.16. The van der Waals surface area contributed by atoms with Gasteiger partial charge in [-0.3, -0.25) is 4.90 Å². The Morgan fingerprint density at radius 1 is 1.43 bits per heavy atom. The first-order valence-electron chi connectivity index (χ1n) is 8.12. The Balaban J connectivity index is 1.89. The number of aliphatic hydroxyl groups excluding tert-OH is 1. The first-order chi connectivity index (χ1) is 11.2. The fraction of sp³-hybridized carbons (Fsp3) is 0.556. The molecule has 1 aromatic carbocycles. The minimum Gasteiger partial charge on any atom is -0.389 e. The van der Waals surface area contributed by atoms with Crippen LogP contribution in [-0.4, -0.2) is 55.1 Å². The Kier molecular flexibility index (Phi) is 7.68. The van der Waals surface area contributed by atoms with Crippen LogP contribution in [0, 0.1) is 5.82 Å². The SMILES string of the molecule is C=CCOC[C@H](O)CN(Cc1ccc(F)cc1)C[C@H]1CCCO1. The lowest BCUT2D eigenvalue weighted by Crippen LogP contribution is -2.39. The number of aliphatic hydroxyl groups is 1. The molecule has 5 heteroatoms. The second kappa shape index (κ2) is 9.78. The van der Waals surface area contributed by atoms with E-state index >= 15 is 0 Å². The van der Waals surface area contributed by atoms with Gasteiger partial charge in [0.1, 0.15) is 5.82 Å². The van der Waals surface area contributed by atoms with Gasteiger partial charge in [-0.2, -0.15) is 0 Å². The van der Waals surface area contributed by atoms with Gasteiger partial charge in [0.05, 0.1) is 25.4 Å². The molecule has 1 fully saturated rings. The van der Waals surface area contributed by atoms with Gasteiger partial charge in [-0.1, -0.05) is 18.2 Å². The van der Waals surface area contributed by atoms with Gasteiger partial charge < -0.3 is 14.6 Å². The van der Waals surface area contributed by atoms with E-state index < -0.39 is 6.10 Å². The summed E-state index contributed by atoms with van der Waals surface area (Å²) in [5.41, 5.74) is 1.02. The van der Waals surface area contributed by atoms with Crippen LogP contribution < -0.4 is 0 Å². The highest BCUT2D eigenvalue weighted by atomic mass is 19.1. The molecule has 4 nitrogen and oxygen atoms in total. The molecular formula is C18H26FNO3. The second-order valence-electron chi connectivity index (χ2n) is 5.94. The van der Waals surface area contributed by atoms with Crippen LogP contribution in [0.5, 0.6) is 0 Å². The van der Waals surface area contributed by atoms with Crippen LogP contribution in [-0.2, 0) is 16.0 Å². The molecule has 1 aromatic rings. The van der Waals surface area contributed by atoms with Gasteiger partial charge in [-0.15, -0.1) is 6.58 Å². The molecule has 0 unspecified atom stereocenters. The van der Waals surface area contributed by atoms with Gasteiger partial charge >= 0.3 is 0 Å². The molecule has 128 valence electrons. The van der Waals surface area contributed by atoms with E-state index in [1.807, 2.05) is 0 Å². The predicted molar refractivity (Wildman–Crippen MR) is 87.7 cm³/mol. The van der Waals surface area contributed by atoms with Gasteiger partial charge in [-0.05, 0) is 30.5 Å². The number of halogens is 1. The molecule has 1 heterocycles. The maximum absolute atomic E-state index is 13.0. The van der Waals surface area contributed by atoms with E-state index in [1.165, 1.54) is 12.1 Å². The summed E-state index contributed by atoms with van der Waals surface area (Å²) in [5.74, 6) is -0.239. The molecule has 0 aliphatic carbocycles. The molecule has 0 aromatic heterocycles. The average molecular weight is 323 g/mol. The molecule has 1 aliphatic rings. The first kappa shape index (κ1) is 18.1. The van der Waals surface area contributed by atoms with Crippen LogP contribution >= 0.6 is 0 Å². The monoisotopic (exact) mass is 323 g/mol. The second-order valence-corrected chi connectivity index (χ2v) is 5.94. The number of benzene rings is 1. The molecule has 0 radical (unpaired) electrons. The Labute approximate surface area is 137 Å². The number of rotatable bonds is 10. The lowest BCUT2D eigenvalue weighted by atomic mass is 10.1. The van der Waals surface area contributed by atoms with Crippen molar-refractivity contribution >= 4 is 0 Å². The van der Waals surface area contributed by atoms with Gasteiger partial charge in [0.2, 0.25) is 0 Å². The molecular weight excluding hydrogens is 297 g/mol. The molecule has 2 atom stereocenters. The minimum absolute atomic E-state index is 0.205. The lowest BCUT2D eigenvalue weighted by molar-refractivity contribution is 0.00856. The summed E-state index contributed by atoms with van der Waals surface area (Å²) in [6, 6.07) is 6.48. The minimum atomic E-state index is -0.572. The van der Waals surface area contributed by atoms with Crippen LogP contribution in [0.15, 0.2) is 36.9 Å². The third-order valence-corrected chi connectivity index (χ3v) is 3.82. The van der Waals surface area contributed by atoms with Crippen molar-refractivity contribution in [3.05, 3.63) is 48.3 Å². The van der Waals surface area contributed by atoms with Crippen molar-refractivity contribution in [1.82, 2.24) is 4.90 Å². The molecule has 1 aliphatic heterocycles. The molecule has 0 amide bonds. The molecule has 1 N–H and O–H groups in total. The smallest absolute Gasteiger partial charge is 0.123 e. The fourth-order valence-corrected chi connectivity index (χ4v) is 2.77. The van der Waals surface area contributed by atoms with Crippen molar-refractivity contribution in [2.75, 3.05) is 32.9 Å². The maximum Gasteiger partial charge on any atom is 0.123 e. The number of hydrogen-bond donors (Lipinski definition) is 1. The summed E-state index contributed by atoms with van der Waals surface area (Å²) in [7, 11) is 0. The Hall–Kier alpha value is -1.27. The van der Waals surface area contributed by atoms with Crippen LogP contribution in [0.25, 0.3) is 0 Å². The van der Waals surface area contributed by atoms with Crippen molar-refractivity contribution < 1.29 is 19.0 Å². The summed E-state index contributed by atoms with van der Waals surface area (Å²) in [6.07, 6.45) is 3.42. The zero-order valence-corrected chi connectivity index (χ0v) is 13.5. The van der Waals surface area contributed by atoms with Crippen LogP contribution in [0.3, 0.4) is 0 Å². The van der Waals surface area contributed by atoms with Gasteiger partial charge in [0.25, 0.3) is 0 Å². The zero-order chi connectivity index (χ0) is 16.5. The van der Waals surface area contributed by atoms with E-state index in [1.54, 1.807) is 18.2 Å². The summed E-state index contributed by atoms with van der Waals surface area (Å²) < 4.78 is 24.0. The van der Waals surface area contributed by atoms with E-state index in [2.05, 4.69) is 11.5 Å². The van der Waals surface area contributed by atoms with Crippen molar-refractivity contribution in [3.63, 3.8) is 0 Å². The van der Waals surface area contributed by atoms with E-state index in [9.17, 15) is 9.50 Å². The van der Waals surface area contributed by atoms with Crippen molar-refractivity contribution in [2.45, 2.75) is 31.6 Å². The van der Waals surface area contributed by atoms with Gasteiger partial charge in [0, 0.05) is 26.2 Å². The van der Waals surface area contributed by atoms with Crippen molar-refractivity contribution in [3.8, 4) is 0 Å². The fourth-order valence-electron chi connectivity index (χ4n) is 2.77. The van der Waals surface area contributed by atoms with E-state index in [4.69, 9.17) is 9.47 Å². The molecule has 0 bridgehead atoms. The zero-order valence-electron chi connectivity index (χ0n) is 13.5. The largest absolute Gasteiger partial charge is 0.389 e. The summed E-state index contributed by atoms with van der Waals surface area (Å²) >= 11 is 0. The third kappa shape index (κ3) is 6.79. The summed E-state index contributed by atoms with van der Waals surface area (Å²) in [6.45, 7) is 7.00. The highest BCUT2D eigenvalue weighted by Gasteiger charge is 2.21. The predicted octanol–water partition coefficient (Wildman–Crippen LogP) is 2.37. The molecule has 0 saturated carbocycles. The lowest BCUT2D eigenvalue weighted by Gasteiger charge is -2.27.